The van der Waals surface area contributed by atoms with Crippen LogP contribution in [-0.4, -0.2) is 17.7 Å². The van der Waals surface area contributed by atoms with E-state index < -0.39 is 12.6 Å². The number of hydrogen-bond donors (Lipinski definition) is 1. The van der Waals surface area contributed by atoms with E-state index >= 15 is 0 Å². The maximum Gasteiger partial charge on any atom is 0.389 e. The van der Waals surface area contributed by atoms with Crippen LogP contribution in [0.15, 0.2) is 5.38 Å². The minimum absolute atomic E-state index is 0.0208. The number of hydrogen-bond acceptors (Lipinski definition) is 3. The first-order valence-corrected chi connectivity index (χ1v) is 6.04. The van der Waals surface area contributed by atoms with Crippen LogP contribution in [0.3, 0.4) is 0 Å². The third kappa shape index (κ3) is 4.49. The average molecular weight is 252 g/mol. The second-order valence-electron chi connectivity index (χ2n) is 3.56. The van der Waals surface area contributed by atoms with Crippen LogP contribution in [0.25, 0.3) is 0 Å². The molecule has 1 unspecified atom stereocenters. The van der Waals surface area contributed by atoms with Crippen molar-refractivity contribution in [3.8, 4) is 0 Å². The second kappa shape index (κ2) is 5.63. The van der Waals surface area contributed by atoms with Gasteiger partial charge in [0.15, 0.2) is 0 Å². The van der Waals surface area contributed by atoms with Gasteiger partial charge in [0.2, 0.25) is 0 Å². The van der Waals surface area contributed by atoms with Crippen LogP contribution in [0.2, 0.25) is 0 Å². The number of alkyl halides is 3. The van der Waals surface area contributed by atoms with Gasteiger partial charge < -0.3 is 5.32 Å². The molecule has 92 valence electrons. The lowest BCUT2D eigenvalue weighted by atomic mass is 10.2. The monoisotopic (exact) mass is 252 g/mol. The molecule has 1 heterocycles. The van der Waals surface area contributed by atoms with Crippen molar-refractivity contribution in [2.24, 2.45) is 0 Å². The molecule has 0 aliphatic carbocycles. The zero-order valence-electron chi connectivity index (χ0n) is 9.27. The predicted molar refractivity (Wildman–Crippen MR) is 58.6 cm³/mol. The van der Waals surface area contributed by atoms with E-state index in [1.54, 1.807) is 0 Å². The predicted octanol–water partition coefficient (Wildman–Crippen LogP) is 3.31. The summed E-state index contributed by atoms with van der Waals surface area (Å²) in [6.07, 6.45) is -4.92. The van der Waals surface area contributed by atoms with Crippen LogP contribution in [-0.2, 0) is 6.42 Å². The molecule has 0 spiro atoms. The van der Waals surface area contributed by atoms with Crippen molar-refractivity contribution in [3.05, 3.63) is 16.1 Å². The SMILES string of the molecule is CCNC(C)c1csc(CCC(F)(F)F)n1. The van der Waals surface area contributed by atoms with Crippen molar-refractivity contribution in [2.75, 3.05) is 6.54 Å². The van der Waals surface area contributed by atoms with Gasteiger partial charge in [-0.3, -0.25) is 0 Å². The maximum atomic E-state index is 12.0. The van der Waals surface area contributed by atoms with E-state index in [0.29, 0.717) is 5.01 Å². The summed E-state index contributed by atoms with van der Waals surface area (Å²) in [4.78, 5) is 4.19. The molecule has 0 bridgehead atoms. The summed E-state index contributed by atoms with van der Waals surface area (Å²) in [5.74, 6) is 0. The zero-order valence-corrected chi connectivity index (χ0v) is 10.1. The molecule has 2 nitrogen and oxygen atoms in total. The Labute approximate surface area is 96.9 Å². The highest BCUT2D eigenvalue weighted by Crippen LogP contribution is 2.24. The molecular formula is C10H15F3N2S. The number of halogens is 3. The highest BCUT2D eigenvalue weighted by Gasteiger charge is 2.27. The Kier molecular flexibility index (Phi) is 4.73. The summed E-state index contributed by atoms with van der Waals surface area (Å²) in [5.41, 5.74) is 0.823. The molecular weight excluding hydrogens is 237 g/mol. The molecule has 0 amide bonds. The molecule has 6 heteroatoms. The van der Waals surface area contributed by atoms with Crippen molar-refractivity contribution >= 4 is 11.3 Å². The van der Waals surface area contributed by atoms with Crippen LogP contribution < -0.4 is 5.32 Å². The molecule has 0 fully saturated rings. The van der Waals surface area contributed by atoms with E-state index in [0.717, 1.165) is 12.2 Å². The molecule has 1 atom stereocenters. The first-order valence-electron chi connectivity index (χ1n) is 5.17. The Morgan fingerprint density at radius 2 is 2.19 bits per heavy atom. The van der Waals surface area contributed by atoms with E-state index in [2.05, 4.69) is 10.3 Å². The number of nitrogens with one attached hydrogen (secondary N) is 1. The summed E-state index contributed by atoms with van der Waals surface area (Å²) < 4.78 is 36.0. The van der Waals surface area contributed by atoms with Crippen LogP contribution >= 0.6 is 11.3 Å². The summed E-state index contributed by atoms with van der Waals surface area (Å²) >= 11 is 1.29. The molecule has 0 radical (unpaired) electrons. The van der Waals surface area contributed by atoms with Crippen LogP contribution in [0.1, 0.15) is 37.0 Å². The Morgan fingerprint density at radius 1 is 1.50 bits per heavy atom. The average Bonchev–Trinajstić information content (AvgIpc) is 2.62. The Bertz CT molecular complexity index is 322. The number of rotatable bonds is 5. The van der Waals surface area contributed by atoms with Crippen molar-refractivity contribution < 1.29 is 13.2 Å². The van der Waals surface area contributed by atoms with E-state index in [9.17, 15) is 13.2 Å². The Morgan fingerprint density at radius 3 is 2.75 bits per heavy atom. The van der Waals surface area contributed by atoms with Gasteiger partial charge >= 0.3 is 6.18 Å². The van der Waals surface area contributed by atoms with Gasteiger partial charge in [-0.15, -0.1) is 11.3 Å². The Balaban J connectivity index is 2.51. The standard InChI is InChI=1S/C10H15F3N2S/c1-3-14-7(2)8-6-16-9(15-8)4-5-10(11,12)13/h6-7,14H,3-5H2,1-2H3. The summed E-state index contributed by atoms with van der Waals surface area (Å²) in [7, 11) is 0. The van der Waals surface area contributed by atoms with Crippen molar-refractivity contribution in [2.45, 2.75) is 38.9 Å². The summed E-state index contributed by atoms with van der Waals surface area (Å²) in [6, 6.07) is 0.0980. The van der Waals surface area contributed by atoms with Gasteiger partial charge in [0.1, 0.15) is 0 Å². The normalized spacial score (nSPS) is 14.1. The largest absolute Gasteiger partial charge is 0.389 e. The Hall–Kier alpha value is -0.620. The van der Waals surface area contributed by atoms with Crippen LogP contribution in [0.5, 0.6) is 0 Å². The second-order valence-corrected chi connectivity index (χ2v) is 4.50. The minimum atomic E-state index is -4.10. The van der Waals surface area contributed by atoms with Gasteiger partial charge in [-0.05, 0) is 13.5 Å². The summed E-state index contributed by atoms with van der Waals surface area (Å²) in [5, 5.41) is 5.54. The first kappa shape index (κ1) is 13.4. The molecule has 1 aromatic rings. The van der Waals surface area contributed by atoms with Gasteiger partial charge in [0, 0.05) is 24.3 Å². The summed E-state index contributed by atoms with van der Waals surface area (Å²) in [6.45, 7) is 4.75. The molecule has 0 aromatic carbocycles. The van der Waals surface area contributed by atoms with Crippen molar-refractivity contribution in [1.82, 2.24) is 10.3 Å². The minimum Gasteiger partial charge on any atom is -0.309 e. The van der Waals surface area contributed by atoms with E-state index in [1.165, 1.54) is 11.3 Å². The molecule has 0 aliphatic heterocycles. The topological polar surface area (TPSA) is 24.9 Å². The van der Waals surface area contributed by atoms with Crippen molar-refractivity contribution in [1.29, 1.82) is 0 Å². The lowest BCUT2D eigenvalue weighted by molar-refractivity contribution is -0.134. The molecule has 0 saturated heterocycles. The number of aryl methyl sites for hydroxylation is 1. The molecule has 0 aliphatic rings. The molecule has 1 rings (SSSR count). The van der Waals surface area contributed by atoms with Gasteiger partial charge in [0.25, 0.3) is 0 Å². The van der Waals surface area contributed by atoms with E-state index in [-0.39, 0.29) is 12.5 Å². The molecule has 0 saturated carbocycles. The fourth-order valence-electron chi connectivity index (χ4n) is 1.30. The van der Waals surface area contributed by atoms with E-state index in [1.807, 2.05) is 19.2 Å². The van der Waals surface area contributed by atoms with Gasteiger partial charge in [-0.25, -0.2) is 4.98 Å². The molecule has 1 N–H and O–H groups in total. The van der Waals surface area contributed by atoms with Gasteiger partial charge in [0.05, 0.1) is 10.7 Å². The van der Waals surface area contributed by atoms with Crippen LogP contribution in [0.4, 0.5) is 13.2 Å². The smallest absolute Gasteiger partial charge is 0.309 e. The molecule has 16 heavy (non-hydrogen) atoms. The van der Waals surface area contributed by atoms with E-state index in [4.69, 9.17) is 0 Å². The fourth-order valence-corrected chi connectivity index (χ4v) is 2.19. The van der Waals surface area contributed by atoms with Crippen LogP contribution in [0, 0.1) is 0 Å². The lowest BCUT2D eigenvalue weighted by Gasteiger charge is -2.08. The van der Waals surface area contributed by atoms with Gasteiger partial charge in [-0.1, -0.05) is 6.92 Å². The number of thiazole rings is 1. The third-order valence-corrected chi connectivity index (χ3v) is 3.07. The third-order valence-electron chi connectivity index (χ3n) is 2.15. The van der Waals surface area contributed by atoms with Crippen molar-refractivity contribution in [3.63, 3.8) is 0 Å². The van der Waals surface area contributed by atoms with Gasteiger partial charge in [-0.2, -0.15) is 13.2 Å². The molecule has 1 aromatic heterocycles. The maximum absolute atomic E-state index is 12.0. The number of aromatic nitrogens is 1. The lowest BCUT2D eigenvalue weighted by Crippen LogP contribution is -2.18. The highest BCUT2D eigenvalue weighted by molar-refractivity contribution is 7.09. The zero-order chi connectivity index (χ0) is 12.2. The fraction of sp³-hybridized carbons (Fsp3) is 0.700. The number of nitrogens with zero attached hydrogens (tertiary/aromatic N) is 1. The first-order chi connectivity index (χ1) is 7.42. The quantitative estimate of drug-likeness (QED) is 0.869. The highest BCUT2D eigenvalue weighted by atomic mass is 32.1.